The van der Waals surface area contributed by atoms with Gasteiger partial charge in [-0.25, -0.2) is 4.98 Å². The Morgan fingerprint density at radius 3 is 3.15 bits per heavy atom. The first-order valence-electron chi connectivity index (χ1n) is 4.53. The number of thiazole rings is 1. The highest BCUT2D eigenvalue weighted by Crippen LogP contribution is 2.10. The van der Waals surface area contributed by atoms with Crippen molar-refractivity contribution in [2.24, 2.45) is 0 Å². The summed E-state index contributed by atoms with van der Waals surface area (Å²) in [5, 5.41) is 5.41. The lowest BCUT2D eigenvalue weighted by atomic mass is 10.2. The number of ether oxygens (including phenoxy) is 1. The van der Waals surface area contributed by atoms with Crippen LogP contribution in [0, 0.1) is 0 Å². The topological polar surface area (TPSA) is 34.1 Å². The molecule has 0 saturated carbocycles. The molecule has 0 bridgehead atoms. The Morgan fingerprint density at radius 1 is 1.69 bits per heavy atom. The van der Waals surface area contributed by atoms with Gasteiger partial charge in [0.05, 0.1) is 17.8 Å². The molecule has 4 heteroatoms. The molecule has 0 aromatic carbocycles. The van der Waals surface area contributed by atoms with E-state index in [-0.39, 0.29) is 0 Å². The first kappa shape index (κ1) is 10.6. The monoisotopic (exact) mass is 200 g/mol. The second-order valence-electron chi connectivity index (χ2n) is 2.79. The maximum atomic E-state index is 5.22. The van der Waals surface area contributed by atoms with Gasteiger partial charge in [0.2, 0.25) is 0 Å². The van der Waals surface area contributed by atoms with E-state index in [1.54, 1.807) is 11.3 Å². The van der Waals surface area contributed by atoms with E-state index in [1.165, 1.54) is 0 Å². The minimum atomic E-state index is 0.326. The molecule has 1 rings (SSSR count). The van der Waals surface area contributed by atoms with E-state index in [4.69, 9.17) is 4.74 Å². The fourth-order valence-electron chi connectivity index (χ4n) is 1.03. The van der Waals surface area contributed by atoms with Crippen LogP contribution in [0.3, 0.4) is 0 Å². The standard InChI is InChI=1S/C9H16N2OS/c1-3-12-5-4-10-8(2)9-6-13-7-11-9/h6-8,10H,3-5H2,1-2H3. The zero-order valence-electron chi connectivity index (χ0n) is 8.12. The molecule has 1 atom stereocenters. The Labute approximate surface area is 83.1 Å². The Kier molecular flexibility index (Phi) is 4.97. The lowest BCUT2D eigenvalue weighted by molar-refractivity contribution is 0.147. The number of hydrogen-bond donors (Lipinski definition) is 1. The molecule has 0 fully saturated rings. The normalized spacial score (nSPS) is 13.1. The third-order valence-corrected chi connectivity index (χ3v) is 2.40. The van der Waals surface area contributed by atoms with Gasteiger partial charge < -0.3 is 10.1 Å². The highest BCUT2D eigenvalue weighted by Gasteiger charge is 2.04. The molecule has 1 heterocycles. The molecule has 0 aliphatic rings. The highest BCUT2D eigenvalue weighted by molar-refractivity contribution is 7.07. The highest BCUT2D eigenvalue weighted by atomic mass is 32.1. The third-order valence-electron chi connectivity index (χ3n) is 1.80. The summed E-state index contributed by atoms with van der Waals surface area (Å²) < 4.78 is 5.22. The van der Waals surface area contributed by atoms with Gasteiger partial charge >= 0.3 is 0 Å². The van der Waals surface area contributed by atoms with E-state index < -0.39 is 0 Å². The Hall–Kier alpha value is -0.450. The number of aromatic nitrogens is 1. The molecule has 0 aliphatic carbocycles. The summed E-state index contributed by atoms with van der Waals surface area (Å²) in [5.41, 5.74) is 2.97. The number of nitrogens with zero attached hydrogens (tertiary/aromatic N) is 1. The molecular weight excluding hydrogens is 184 g/mol. The molecule has 13 heavy (non-hydrogen) atoms. The molecule has 1 aromatic heterocycles. The van der Waals surface area contributed by atoms with Gasteiger partial charge in [-0.3, -0.25) is 0 Å². The third kappa shape index (κ3) is 3.85. The molecule has 1 aromatic rings. The smallest absolute Gasteiger partial charge is 0.0795 e. The summed E-state index contributed by atoms with van der Waals surface area (Å²) in [6.45, 7) is 6.55. The summed E-state index contributed by atoms with van der Waals surface area (Å²) in [4.78, 5) is 4.23. The average molecular weight is 200 g/mol. The second-order valence-corrected chi connectivity index (χ2v) is 3.50. The van der Waals surface area contributed by atoms with E-state index in [0.29, 0.717) is 6.04 Å². The van der Waals surface area contributed by atoms with Gasteiger partial charge in [-0.2, -0.15) is 0 Å². The second kappa shape index (κ2) is 6.07. The molecule has 0 saturated heterocycles. The van der Waals surface area contributed by atoms with Crippen molar-refractivity contribution in [2.75, 3.05) is 19.8 Å². The van der Waals surface area contributed by atoms with E-state index in [2.05, 4.69) is 22.6 Å². The lowest BCUT2D eigenvalue weighted by Crippen LogP contribution is -2.23. The molecule has 0 spiro atoms. The van der Waals surface area contributed by atoms with Gasteiger partial charge in [0.25, 0.3) is 0 Å². The van der Waals surface area contributed by atoms with Crippen LogP contribution in [0.5, 0.6) is 0 Å². The van der Waals surface area contributed by atoms with E-state index in [9.17, 15) is 0 Å². The number of rotatable bonds is 6. The van der Waals surface area contributed by atoms with E-state index in [0.717, 1.165) is 25.5 Å². The van der Waals surface area contributed by atoms with Gasteiger partial charge in [-0.05, 0) is 13.8 Å². The van der Waals surface area contributed by atoms with Gasteiger partial charge in [0.1, 0.15) is 0 Å². The molecule has 0 radical (unpaired) electrons. The van der Waals surface area contributed by atoms with Crippen molar-refractivity contribution < 1.29 is 4.74 Å². The predicted molar refractivity (Wildman–Crippen MR) is 55.0 cm³/mol. The Morgan fingerprint density at radius 2 is 2.54 bits per heavy atom. The SMILES string of the molecule is CCOCCNC(C)c1cscn1. The Bertz CT molecular complexity index is 213. The van der Waals surface area contributed by atoms with Crippen LogP contribution in [0.2, 0.25) is 0 Å². The Balaban J connectivity index is 2.15. The summed E-state index contributed by atoms with van der Waals surface area (Å²) in [6, 6.07) is 0.326. The zero-order chi connectivity index (χ0) is 9.52. The average Bonchev–Trinajstić information content (AvgIpc) is 2.65. The largest absolute Gasteiger partial charge is 0.380 e. The summed E-state index contributed by atoms with van der Waals surface area (Å²) >= 11 is 1.63. The first-order valence-corrected chi connectivity index (χ1v) is 5.48. The fourth-order valence-corrected chi connectivity index (χ4v) is 1.68. The van der Waals surface area contributed by atoms with Crippen molar-refractivity contribution in [3.05, 3.63) is 16.6 Å². The van der Waals surface area contributed by atoms with Crippen molar-refractivity contribution in [2.45, 2.75) is 19.9 Å². The fraction of sp³-hybridized carbons (Fsp3) is 0.667. The zero-order valence-corrected chi connectivity index (χ0v) is 8.93. The molecule has 0 aliphatic heterocycles. The maximum Gasteiger partial charge on any atom is 0.0795 e. The molecule has 1 N–H and O–H groups in total. The minimum absolute atomic E-state index is 0.326. The predicted octanol–water partition coefficient (Wildman–Crippen LogP) is 1.83. The quantitative estimate of drug-likeness (QED) is 0.711. The van der Waals surface area contributed by atoms with Crippen LogP contribution in [0.1, 0.15) is 25.6 Å². The van der Waals surface area contributed by atoms with Gasteiger partial charge in [-0.1, -0.05) is 0 Å². The van der Waals surface area contributed by atoms with E-state index in [1.807, 2.05) is 12.4 Å². The molecule has 3 nitrogen and oxygen atoms in total. The lowest BCUT2D eigenvalue weighted by Gasteiger charge is -2.10. The van der Waals surface area contributed by atoms with Crippen LogP contribution in [-0.4, -0.2) is 24.7 Å². The van der Waals surface area contributed by atoms with Crippen molar-refractivity contribution in [1.82, 2.24) is 10.3 Å². The van der Waals surface area contributed by atoms with Gasteiger partial charge in [-0.15, -0.1) is 11.3 Å². The molecule has 0 amide bonds. The van der Waals surface area contributed by atoms with Crippen molar-refractivity contribution >= 4 is 11.3 Å². The summed E-state index contributed by atoms with van der Waals surface area (Å²) in [7, 11) is 0. The van der Waals surface area contributed by atoms with Crippen LogP contribution in [0.15, 0.2) is 10.9 Å². The van der Waals surface area contributed by atoms with Crippen LogP contribution in [0.4, 0.5) is 0 Å². The maximum absolute atomic E-state index is 5.22. The first-order chi connectivity index (χ1) is 6.34. The number of hydrogen-bond acceptors (Lipinski definition) is 4. The van der Waals surface area contributed by atoms with Crippen LogP contribution in [-0.2, 0) is 4.74 Å². The molecule has 1 unspecified atom stereocenters. The summed E-state index contributed by atoms with van der Waals surface area (Å²) in [5.74, 6) is 0. The van der Waals surface area contributed by atoms with Crippen molar-refractivity contribution in [3.8, 4) is 0 Å². The molecular formula is C9H16N2OS. The molecule has 74 valence electrons. The van der Waals surface area contributed by atoms with E-state index >= 15 is 0 Å². The van der Waals surface area contributed by atoms with Crippen molar-refractivity contribution in [1.29, 1.82) is 0 Å². The van der Waals surface area contributed by atoms with Crippen LogP contribution < -0.4 is 5.32 Å². The summed E-state index contributed by atoms with van der Waals surface area (Å²) in [6.07, 6.45) is 0. The van der Waals surface area contributed by atoms with Crippen molar-refractivity contribution in [3.63, 3.8) is 0 Å². The van der Waals surface area contributed by atoms with Gasteiger partial charge in [0, 0.05) is 24.6 Å². The van der Waals surface area contributed by atoms with Crippen LogP contribution >= 0.6 is 11.3 Å². The minimum Gasteiger partial charge on any atom is -0.380 e. The number of nitrogens with one attached hydrogen (secondary N) is 1. The van der Waals surface area contributed by atoms with Crippen LogP contribution in [0.25, 0.3) is 0 Å². The van der Waals surface area contributed by atoms with Gasteiger partial charge in [0.15, 0.2) is 0 Å².